The van der Waals surface area contributed by atoms with Gasteiger partial charge in [-0.25, -0.2) is 0 Å². The summed E-state index contributed by atoms with van der Waals surface area (Å²) in [5, 5.41) is 8.57. The van der Waals surface area contributed by atoms with E-state index in [2.05, 4.69) is 10.2 Å². The number of amides is 1. The van der Waals surface area contributed by atoms with E-state index >= 15 is 0 Å². The molecule has 0 unspecified atom stereocenters. The number of nitrogens with one attached hydrogen (secondary N) is 1. The van der Waals surface area contributed by atoms with E-state index in [1.54, 1.807) is 35.9 Å². The number of anilines is 1. The Kier molecular flexibility index (Phi) is 6.69. The first-order chi connectivity index (χ1) is 18.4. The Hall–Kier alpha value is -4.50. The Morgan fingerprint density at radius 3 is 2.42 bits per heavy atom. The number of pyridine rings is 1. The molecule has 0 aliphatic heterocycles. The smallest absolute Gasteiger partial charge is 0.266 e. The zero-order valence-electron chi connectivity index (χ0n) is 21.2. The summed E-state index contributed by atoms with van der Waals surface area (Å²) in [7, 11) is 6.25. The number of halogens is 1. The van der Waals surface area contributed by atoms with E-state index in [0.717, 1.165) is 5.56 Å². The molecular formula is C28H25ClN4O5. The molecule has 5 aromatic rings. The van der Waals surface area contributed by atoms with Crippen molar-refractivity contribution in [2.24, 2.45) is 0 Å². The largest absolute Gasteiger partial charge is 0.493 e. The maximum atomic E-state index is 13.5. The number of carbonyl (C=O) groups is 1. The highest BCUT2D eigenvalue weighted by atomic mass is 35.5. The van der Waals surface area contributed by atoms with Gasteiger partial charge in [-0.15, -0.1) is 0 Å². The number of fused-ring (bicyclic) bond motifs is 3. The highest BCUT2D eigenvalue weighted by Gasteiger charge is 2.20. The van der Waals surface area contributed by atoms with Crippen LogP contribution in [0.2, 0.25) is 5.02 Å². The second kappa shape index (κ2) is 10.1. The van der Waals surface area contributed by atoms with E-state index in [4.69, 9.17) is 25.8 Å². The quantitative estimate of drug-likeness (QED) is 0.325. The van der Waals surface area contributed by atoms with Crippen LogP contribution in [0.3, 0.4) is 0 Å². The van der Waals surface area contributed by atoms with Crippen molar-refractivity contribution in [2.75, 3.05) is 33.3 Å². The molecule has 0 fully saturated rings. The van der Waals surface area contributed by atoms with E-state index in [1.807, 2.05) is 30.3 Å². The van der Waals surface area contributed by atoms with E-state index in [-0.39, 0.29) is 17.9 Å². The number of nitrogens with zero attached hydrogens (tertiary/aromatic N) is 3. The number of methoxy groups -OCH3 is 3. The number of aromatic amines is 1. The number of ether oxygens (including phenoxy) is 3. The molecular weight excluding hydrogens is 508 g/mol. The maximum absolute atomic E-state index is 13.5. The van der Waals surface area contributed by atoms with Gasteiger partial charge in [-0.2, -0.15) is 5.10 Å². The van der Waals surface area contributed by atoms with Gasteiger partial charge in [0.05, 0.1) is 61.1 Å². The van der Waals surface area contributed by atoms with Crippen molar-refractivity contribution in [3.63, 3.8) is 0 Å². The van der Waals surface area contributed by atoms with Gasteiger partial charge in [-0.3, -0.25) is 19.3 Å². The molecule has 5 rings (SSSR count). The van der Waals surface area contributed by atoms with Gasteiger partial charge in [-0.1, -0.05) is 29.8 Å². The van der Waals surface area contributed by atoms with Gasteiger partial charge in [0.1, 0.15) is 0 Å². The number of likely N-dealkylation sites (N-methyl/N-ethyl adjacent to an activating group) is 1. The summed E-state index contributed by atoms with van der Waals surface area (Å²) in [6, 6.07) is 16.1. The van der Waals surface area contributed by atoms with E-state index in [1.165, 1.54) is 32.4 Å². The Morgan fingerprint density at radius 2 is 1.74 bits per heavy atom. The highest BCUT2D eigenvalue weighted by molar-refractivity contribution is 6.37. The third-order valence-electron chi connectivity index (χ3n) is 6.49. The van der Waals surface area contributed by atoms with Crippen LogP contribution in [0.25, 0.3) is 27.5 Å². The third-order valence-corrected chi connectivity index (χ3v) is 6.81. The van der Waals surface area contributed by atoms with Crippen molar-refractivity contribution < 1.29 is 19.0 Å². The van der Waals surface area contributed by atoms with Crippen molar-refractivity contribution in [1.82, 2.24) is 14.8 Å². The van der Waals surface area contributed by atoms with Crippen molar-refractivity contribution in [1.29, 1.82) is 0 Å². The molecule has 10 heteroatoms. The Balaban J connectivity index is 1.52. The first kappa shape index (κ1) is 25.2. The summed E-state index contributed by atoms with van der Waals surface area (Å²) in [6.45, 7) is 0. The van der Waals surface area contributed by atoms with Crippen LogP contribution in [0, 0.1) is 0 Å². The Labute approximate surface area is 223 Å². The number of rotatable bonds is 7. The summed E-state index contributed by atoms with van der Waals surface area (Å²) >= 11 is 6.52. The number of aromatic nitrogens is 3. The molecule has 1 amide bonds. The van der Waals surface area contributed by atoms with Crippen LogP contribution in [0.4, 0.5) is 5.69 Å². The van der Waals surface area contributed by atoms with Crippen LogP contribution < -0.4 is 24.7 Å². The van der Waals surface area contributed by atoms with Crippen molar-refractivity contribution in [2.45, 2.75) is 6.42 Å². The van der Waals surface area contributed by atoms with Crippen LogP contribution in [0.1, 0.15) is 5.56 Å². The molecule has 2 aromatic heterocycles. The van der Waals surface area contributed by atoms with Crippen LogP contribution in [0.5, 0.6) is 17.2 Å². The first-order valence-electron chi connectivity index (χ1n) is 11.7. The zero-order valence-corrected chi connectivity index (χ0v) is 22.0. The molecule has 38 heavy (non-hydrogen) atoms. The SMILES string of the molecule is COc1cc(N(C)C(=O)Cc2cccc(-n3c(=O)c4cn[nH]c4c4c(Cl)cccc43)c2)cc(OC)c1OC. The van der Waals surface area contributed by atoms with Crippen molar-refractivity contribution >= 4 is 45.0 Å². The average molecular weight is 533 g/mol. The molecule has 0 saturated heterocycles. The topological polar surface area (TPSA) is 98.7 Å². The number of hydrogen-bond donors (Lipinski definition) is 1. The average Bonchev–Trinajstić information content (AvgIpc) is 3.42. The first-order valence-corrected chi connectivity index (χ1v) is 12.1. The third kappa shape index (κ3) is 4.20. The van der Waals surface area contributed by atoms with Gasteiger partial charge in [0.15, 0.2) is 11.5 Å². The summed E-state index contributed by atoms with van der Waals surface area (Å²) in [4.78, 5) is 28.3. The van der Waals surface area contributed by atoms with Crippen molar-refractivity contribution in [3.05, 3.63) is 81.7 Å². The fourth-order valence-corrected chi connectivity index (χ4v) is 4.84. The standard InChI is InChI=1S/C28H25ClN4O5/c1-32(18-13-22(36-2)27(38-4)23(14-18)37-3)24(34)12-16-7-5-8-17(11-16)33-21-10-6-9-20(29)25(21)26-19(28(33)35)15-30-31-26/h5-11,13-15H,12H2,1-4H3,(H,30,31). The fraction of sp³-hybridized carbons (Fsp3) is 0.179. The summed E-state index contributed by atoms with van der Waals surface area (Å²) in [5.41, 5.74) is 2.93. The molecule has 9 nitrogen and oxygen atoms in total. The molecule has 0 bridgehead atoms. The minimum atomic E-state index is -0.235. The van der Waals surface area contributed by atoms with E-state index < -0.39 is 0 Å². The lowest BCUT2D eigenvalue weighted by atomic mass is 10.1. The molecule has 0 saturated carbocycles. The summed E-state index contributed by atoms with van der Waals surface area (Å²) in [5.74, 6) is 1.17. The molecule has 2 heterocycles. The van der Waals surface area contributed by atoms with E-state index in [9.17, 15) is 9.59 Å². The number of carbonyl (C=O) groups excluding carboxylic acids is 1. The normalized spacial score (nSPS) is 11.1. The predicted molar refractivity (Wildman–Crippen MR) is 147 cm³/mol. The maximum Gasteiger partial charge on any atom is 0.266 e. The lowest BCUT2D eigenvalue weighted by Crippen LogP contribution is -2.28. The molecule has 0 spiro atoms. The Morgan fingerprint density at radius 1 is 1.03 bits per heavy atom. The van der Waals surface area contributed by atoms with Gasteiger partial charge >= 0.3 is 0 Å². The van der Waals surface area contributed by atoms with Gasteiger partial charge in [0.25, 0.3) is 5.56 Å². The monoisotopic (exact) mass is 532 g/mol. The van der Waals surface area contributed by atoms with Crippen LogP contribution in [0.15, 0.2) is 65.6 Å². The number of hydrogen-bond acceptors (Lipinski definition) is 6. The lowest BCUT2D eigenvalue weighted by molar-refractivity contribution is -0.117. The van der Waals surface area contributed by atoms with Gasteiger partial charge in [0.2, 0.25) is 11.7 Å². The Bertz CT molecular complexity index is 1720. The summed E-state index contributed by atoms with van der Waals surface area (Å²) in [6.07, 6.45) is 1.60. The second-order valence-electron chi connectivity index (χ2n) is 8.62. The summed E-state index contributed by atoms with van der Waals surface area (Å²) < 4.78 is 17.8. The van der Waals surface area contributed by atoms with Crippen LogP contribution >= 0.6 is 11.6 Å². The number of H-pyrrole nitrogens is 1. The van der Waals surface area contributed by atoms with Gasteiger partial charge < -0.3 is 19.1 Å². The van der Waals surface area contributed by atoms with Crippen molar-refractivity contribution in [3.8, 4) is 22.9 Å². The van der Waals surface area contributed by atoms with Gasteiger partial charge in [0, 0.05) is 30.3 Å². The highest BCUT2D eigenvalue weighted by Crippen LogP contribution is 2.41. The second-order valence-corrected chi connectivity index (χ2v) is 9.02. The van der Waals surface area contributed by atoms with Crippen LogP contribution in [-0.2, 0) is 11.2 Å². The molecule has 0 aliphatic carbocycles. The zero-order chi connectivity index (χ0) is 27.0. The van der Waals surface area contributed by atoms with Gasteiger partial charge in [-0.05, 0) is 29.8 Å². The molecule has 0 radical (unpaired) electrons. The predicted octanol–water partition coefficient (Wildman–Crippen LogP) is 4.75. The molecule has 194 valence electrons. The van der Waals surface area contributed by atoms with E-state index in [0.29, 0.717) is 55.5 Å². The minimum absolute atomic E-state index is 0.0996. The lowest BCUT2D eigenvalue weighted by Gasteiger charge is -2.21. The fourth-order valence-electron chi connectivity index (χ4n) is 4.58. The minimum Gasteiger partial charge on any atom is -0.493 e. The number of benzene rings is 3. The molecule has 1 N–H and O–H groups in total. The molecule has 0 atom stereocenters. The molecule has 3 aromatic carbocycles. The molecule has 0 aliphatic rings. The van der Waals surface area contributed by atoms with Crippen LogP contribution in [-0.4, -0.2) is 49.0 Å².